The highest BCUT2D eigenvalue weighted by molar-refractivity contribution is 6.31. The van der Waals surface area contributed by atoms with Crippen LogP contribution in [0.4, 0.5) is 14.9 Å². The van der Waals surface area contributed by atoms with Gasteiger partial charge in [-0.2, -0.15) is 0 Å². The smallest absolute Gasteiger partial charge is 0.414 e. The van der Waals surface area contributed by atoms with Crippen LogP contribution in [0.5, 0.6) is 5.75 Å². The molecule has 0 aliphatic carbocycles. The molecule has 5 nitrogen and oxygen atoms in total. The average molecular weight is 433 g/mol. The molecule has 2 heterocycles. The molecule has 1 unspecified atom stereocenters. The molecule has 2 aliphatic heterocycles. The SMILES string of the molecule is COc1ccc(N2CC(CN3CCC(Cc4cc(F)ccc4Cl)CC3)OC2=O)cc1. The highest BCUT2D eigenvalue weighted by Gasteiger charge is 2.34. The lowest BCUT2D eigenvalue weighted by Crippen LogP contribution is -2.40. The van der Waals surface area contributed by atoms with Gasteiger partial charge in [-0.1, -0.05) is 11.6 Å². The van der Waals surface area contributed by atoms with Crippen molar-refractivity contribution in [2.24, 2.45) is 5.92 Å². The minimum atomic E-state index is -0.305. The number of carbonyl (C=O) groups is 1. The van der Waals surface area contributed by atoms with Gasteiger partial charge in [0.15, 0.2) is 0 Å². The number of amides is 1. The molecule has 4 rings (SSSR count). The van der Waals surface area contributed by atoms with Crippen LogP contribution in [0.15, 0.2) is 42.5 Å². The lowest BCUT2D eigenvalue weighted by molar-refractivity contribution is 0.0914. The maximum absolute atomic E-state index is 13.5. The van der Waals surface area contributed by atoms with E-state index >= 15 is 0 Å². The zero-order valence-electron chi connectivity index (χ0n) is 17.0. The number of methoxy groups -OCH3 is 1. The Morgan fingerprint density at radius 2 is 1.90 bits per heavy atom. The minimum Gasteiger partial charge on any atom is -0.497 e. The maximum Gasteiger partial charge on any atom is 0.414 e. The topological polar surface area (TPSA) is 42.0 Å². The largest absolute Gasteiger partial charge is 0.497 e. The van der Waals surface area contributed by atoms with Gasteiger partial charge in [-0.15, -0.1) is 0 Å². The van der Waals surface area contributed by atoms with Gasteiger partial charge >= 0.3 is 6.09 Å². The molecule has 30 heavy (non-hydrogen) atoms. The van der Waals surface area contributed by atoms with Crippen LogP contribution in [0.1, 0.15) is 18.4 Å². The van der Waals surface area contributed by atoms with E-state index in [1.807, 2.05) is 24.3 Å². The predicted molar refractivity (Wildman–Crippen MR) is 115 cm³/mol. The number of hydrogen-bond acceptors (Lipinski definition) is 4. The Kier molecular flexibility index (Phi) is 6.44. The molecule has 2 saturated heterocycles. The molecule has 1 amide bonds. The van der Waals surface area contributed by atoms with Gasteiger partial charge in [-0.05, 0) is 86.3 Å². The van der Waals surface area contributed by atoms with E-state index in [9.17, 15) is 9.18 Å². The van der Waals surface area contributed by atoms with Crippen molar-refractivity contribution in [3.63, 3.8) is 0 Å². The zero-order chi connectivity index (χ0) is 21.1. The van der Waals surface area contributed by atoms with E-state index in [0.29, 0.717) is 17.5 Å². The number of nitrogens with zero attached hydrogens (tertiary/aromatic N) is 2. The van der Waals surface area contributed by atoms with Crippen molar-refractivity contribution in [3.8, 4) is 5.75 Å². The number of benzene rings is 2. The van der Waals surface area contributed by atoms with Crippen LogP contribution in [0, 0.1) is 11.7 Å². The van der Waals surface area contributed by atoms with E-state index in [0.717, 1.165) is 55.9 Å². The molecule has 0 aromatic heterocycles. The number of anilines is 1. The summed E-state index contributed by atoms with van der Waals surface area (Å²) in [5.74, 6) is 1.00. The van der Waals surface area contributed by atoms with E-state index in [-0.39, 0.29) is 18.0 Å². The molecule has 2 fully saturated rings. The second-order valence-electron chi connectivity index (χ2n) is 8.00. The van der Waals surface area contributed by atoms with Gasteiger partial charge in [-0.25, -0.2) is 9.18 Å². The van der Waals surface area contributed by atoms with Crippen molar-refractivity contribution in [3.05, 3.63) is 58.9 Å². The summed E-state index contributed by atoms with van der Waals surface area (Å²) in [5, 5.41) is 0.635. The van der Waals surface area contributed by atoms with E-state index in [2.05, 4.69) is 4.90 Å². The Morgan fingerprint density at radius 1 is 1.17 bits per heavy atom. The monoisotopic (exact) mass is 432 g/mol. The van der Waals surface area contributed by atoms with Crippen molar-refractivity contribution in [1.82, 2.24) is 4.90 Å². The molecular formula is C23H26ClFN2O3. The lowest BCUT2D eigenvalue weighted by Gasteiger charge is -2.33. The summed E-state index contributed by atoms with van der Waals surface area (Å²) in [5.41, 5.74) is 1.70. The fourth-order valence-electron chi connectivity index (χ4n) is 4.26. The quantitative estimate of drug-likeness (QED) is 0.659. The van der Waals surface area contributed by atoms with Crippen LogP contribution < -0.4 is 9.64 Å². The molecule has 0 N–H and O–H groups in total. The number of piperidine rings is 1. The number of carbonyl (C=O) groups excluding carboxylic acids is 1. The second-order valence-corrected chi connectivity index (χ2v) is 8.41. The number of hydrogen-bond donors (Lipinski definition) is 0. The first-order valence-electron chi connectivity index (χ1n) is 10.3. The Labute approximate surface area is 181 Å². The molecule has 0 spiro atoms. The van der Waals surface area contributed by atoms with E-state index in [1.165, 1.54) is 6.07 Å². The van der Waals surface area contributed by atoms with E-state index in [1.54, 1.807) is 24.1 Å². The molecule has 160 valence electrons. The molecule has 0 bridgehead atoms. The second kappa shape index (κ2) is 9.23. The van der Waals surface area contributed by atoms with Crippen molar-refractivity contribution >= 4 is 23.4 Å². The van der Waals surface area contributed by atoms with Crippen LogP contribution in [-0.2, 0) is 11.2 Å². The molecule has 7 heteroatoms. The molecule has 2 aliphatic rings. The first-order valence-corrected chi connectivity index (χ1v) is 10.7. The lowest BCUT2D eigenvalue weighted by atomic mass is 9.90. The molecule has 0 saturated carbocycles. The number of cyclic esters (lactones) is 1. The van der Waals surface area contributed by atoms with Crippen molar-refractivity contribution in [2.45, 2.75) is 25.4 Å². The van der Waals surface area contributed by atoms with E-state index in [4.69, 9.17) is 21.1 Å². The zero-order valence-corrected chi connectivity index (χ0v) is 17.8. The summed E-state index contributed by atoms with van der Waals surface area (Å²) in [6.45, 7) is 3.15. The maximum atomic E-state index is 13.5. The Morgan fingerprint density at radius 3 is 2.60 bits per heavy atom. The van der Waals surface area contributed by atoms with Crippen LogP contribution in [0.3, 0.4) is 0 Å². The molecular weight excluding hydrogens is 407 g/mol. The predicted octanol–water partition coefficient (Wildman–Crippen LogP) is 4.77. The third kappa shape index (κ3) is 4.87. The van der Waals surface area contributed by atoms with Crippen molar-refractivity contribution in [2.75, 3.05) is 38.2 Å². The third-order valence-electron chi connectivity index (χ3n) is 5.94. The van der Waals surface area contributed by atoms with Crippen LogP contribution in [-0.4, -0.2) is 50.4 Å². The number of halogens is 2. The first-order chi connectivity index (χ1) is 14.5. The summed E-state index contributed by atoms with van der Waals surface area (Å²) in [6, 6.07) is 12.0. The minimum absolute atomic E-state index is 0.145. The third-order valence-corrected chi connectivity index (χ3v) is 6.31. The van der Waals surface area contributed by atoms with Gasteiger partial charge in [0.25, 0.3) is 0 Å². The molecule has 1 atom stereocenters. The standard InChI is InChI=1S/C23H26ClFN2O3/c1-29-20-5-3-19(4-6-20)27-15-21(30-23(27)28)14-26-10-8-16(9-11-26)12-17-13-18(25)2-7-22(17)24/h2-7,13,16,21H,8-12,14-15H2,1H3. The van der Waals surface area contributed by atoms with Crippen LogP contribution in [0.25, 0.3) is 0 Å². The van der Waals surface area contributed by atoms with Crippen LogP contribution >= 0.6 is 11.6 Å². The van der Waals surface area contributed by atoms with Gasteiger partial charge in [0, 0.05) is 17.3 Å². The van der Waals surface area contributed by atoms with Crippen molar-refractivity contribution < 1.29 is 18.7 Å². The Hall–Kier alpha value is -2.31. The Balaban J connectivity index is 1.27. The van der Waals surface area contributed by atoms with Crippen molar-refractivity contribution in [1.29, 1.82) is 0 Å². The highest BCUT2D eigenvalue weighted by Crippen LogP contribution is 2.28. The van der Waals surface area contributed by atoms with Crippen LogP contribution in [0.2, 0.25) is 5.02 Å². The first kappa shape index (κ1) is 20.9. The van der Waals surface area contributed by atoms with Gasteiger partial charge in [0.2, 0.25) is 0 Å². The van der Waals surface area contributed by atoms with Gasteiger partial charge < -0.3 is 9.47 Å². The molecule has 2 aromatic rings. The fourth-order valence-corrected chi connectivity index (χ4v) is 4.46. The summed E-state index contributed by atoms with van der Waals surface area (Å²) < 4.78 is 24.3. The van der Waals surface area contributed by atoms with Gasteiger partial charge in [0.1, 0.15) is 17.7 Å². The number of ether oxygens (including phenoxy) is 2. The Bertz CT molecular complexity index is 885. The van der Waals surface area contributed by atoms with Gasteiger partial charge in [0.05, 0.1) is 13.7 Å². The summed E-state index contributed by atoms with van der Waals surface area (Å²) >= 11 is 6.22. The summed E-state index contributed by atoms with van der Waals surface area (Å²) in [4.78, 5) is 16.3. The number of rotatable bonds is 6. The molecule has 2 aromatic carbocycles. The fraction of sp³-hybridized carbons (Fsp3) is 0.435. The molecule has 0 radical (unpaired) electrons. The van der Waals surface area contributed by atoms with E-state index < -0.39 is 0 Å². The summed E-state index contributed by atoms with van der Waals surface area (Å²) in [7, 11) is 1.62. The van der Waals surface area contributed by atoms with Gasteiger partial charge in [-0.3, -0.25) is 9.80 Å². The highest BCUT2D eigenvalue weighted by atomic mass is 35.5. The normalized spacial score (nSPS) is 20.4. The summed E-state index contributed by atoms with van der Waals surface area (Å²) in [6.07, 6.45) is 2.40. The number of likely N-dealkylation sites (tertiary alicyclic amines) is 1. The average Bonchev–Trinajstić information content (AvgIpc) is 3.12.